The van der Waals surface area contributed by atoms with E-state index < -0.39 is 5.91 Å². The molecule has 8 nitrogen and oxygen atoms in total. The van der Waals surface area contributed by atoms with Gasteiger partial charge in [0.05, 0.1) is 0 Å². The highest BCUT2D eigenvalue weighted by Crippen LogP contribution is 2.12. The molecular formula is C11H11N5O3. The average molecular weight is 261 g/mol. The zero-order chi connectivity index (χ0) is 13.7. The van der Waals surface area contributed by atoms with Crippen molar-refractivity contribution in [3.05, 3.63) is 36.2 Å². The number of aromatic nitrogens is 3. The van der Waals surface area contributed by atoms with E-state index in [1.807, 2.05) is 0 Å². The Bertz CT molecular complexity index is 565. The summed E-state index contributed by atoms with van der Waals surface area (Å²) in [6.45, 7) is -0.205. The lowest BCUT2D eigenvalue weighted by molar-refractivity contribution is -0.119. The summed E-state index contributed by atoms with van der Waals surface area (Å²) in [7, 11) is 0. The van der Waals surface area contributed by atoms with Gasteiger partial charge in [-0.1, -0.05) is 0 Å². The van der Waals surface area contributed by atoms with Crippen molar-refractivity contribution in [2.24, 2.45) is 5.73 Å². The number of nitrogens with two attached hydrogens (primary N) is 1. The summed E-state index contributed by atoms with van der Waals surface area (Å²) < 4.78 is 5.07. The Hall–Kier alpha value is -2.90. The predicted molar refractivity (Wildman–Crippen MR) is 65.5 cm³/mol. The number of nitrogens with one attached hydrogen (secondary N) is 2. The number of aromatic amines is 1. The van der Waals surface area contributed by atoms with E-state index in [4.69, 9.17) is 10.5 Å². The maximum absolute atomic E-state index is 11.8. The molecule has 8 heteroatoms. The number of carbonyl (C=O) groups is 2. The number of H-pyrrole nitrogens is 1. The fourth-order valence-electron chi connectivity index (χ4n) is 1.30. The molecule has 2 rings (SSSR count). The Kier molecular flexibility index (Phi) is 3.72. The number of ether oxygens (including phenoxy) is 1. The third-order valence-corrected chi connectivity index (χ3v) is 2.14. The van der Waals surface area contributed by atoms with Crippen LogP contribution in [0.15, 0.2) is 30.6 Å². The summed E-state index contributed by atoms with van der Waals surface area (Å²) in [6, 6.07) is 6.25. The lowest BCUT2D eigenvalue weighted by Gasteiger charge is -2.05. The van der Waals surface area contributed by atoms with Crippen LogP contribution in [0.25, 0.3) is 0 Å². The minimum Gasteiger partial charge on any atom is -0.484 e. The number of rotatable bonds is 5. The van der Waals surface area contributed by atoms with E-state index in [0.29, 0.717) is 11.3 Å². The van der Waals surface area contributed by atoms with E-state index in [0.717, 1.165) is 0 Å². The van der Waals surface area contributed by atoms with E-state index in [2.05, 4.69) is 20.5 Å². The Morgan fingerprint density at radius 2 is 2.05 bits per heavy atom. The molecule has 0 atom stereocenters. The number of amides is 2. The molecule has 2 aromatic rings. The van der Waals surface area contributed by atoms with Crippen LogP contribution in [-0.4, -0.2) is 33.6 Å². The van der Waals surface area contributed by atoms with Gasteiger partial charge in [0.2, 0.25) is 5.95 Å². The highest BCUT2D eigenvalue weighted by Gasteiger charge is 2.07. The summed E-state index contributed by atoms with van der Waals surface area (Å²) in [4.78, 5) is 26.1. The SMILES string of the molecule is NC(=O)COc1ccc(C(=O)Nc2ncn[nH]2)cc1. The molecule has 98 valence electrons. The Morgan fingerprint density at radius 3 is 2.63 bits per heavy atom. The standard InChI is InChI=1S/C11H11N5O3/c12-9(17)5-19-8-3-1-7(2-4-8)10(18)15-11-13-6-14-16-11/h1-4,6H,5H2,(H2,12,17)(H2,13,14,15,16,18). The van der Waals surface area contributed by atoms with Gasteiger partial charge in [0, 0.05) is 5.56 Å². The molecule has 2 amide bonds. The zero-order valence-electron chi connectivity index (χ0n) is 9.79. The monoisotopic (exact) mass is 261 g/mol. The zero-order valence-corrected chi connectivity index (χ0v) is 9.79. The van der Waals surface area contributed by atoms with Crippen LogP contribution in [0.1, 0.15) is 10.4 Å². The molecule has 0 aliphatic carbocycles. The number of anilines is 1. The lowest BCUT2D eigenvalue weighted by atomic mass is 10.2. The van der Waals surface area contributed by atoms with Crippen LogP contribution in [0.4, 0.5) is 5.95 Å². The number of nitrogens with zero attached hydrogens (tertiary/aromatic N) is 2. The van der Waals surface area contributed by atoms with Crippen molar-refractivity contribution in [3.63, 3.8) is 0 Å². The largest absolute Gasteiger partial charge is 0.484 e. The smallest absolute Gasteiger partial charge is 0.258 e. The van der Waals surface area contributed by atoms with Gasteiger partial charge in [-0.3, -0.25) is 14.9 Å². The molecule has 0 saturated heterocycles. The molecule has 0 fully saturated rings. The van der Waals surface area contributed by atoms with Crippen LogP contribution in [-0.2, 0) is 4.79 Å². The maximum atomic E-state index is 11.8. The fourth-order valence-corrected chi connectivity index (χ4v) is 1.30. The minimum absolute atomic E-state index is 0.205. The number of benzene rings is 1. The first kappa shape index (κ1) is 12.6. The summed E-state index contributed by atoms with van der Waals surface area (Å²) in [5, 5.41) is 8.65. The molecular weight excluding hydrogens is 250 g/mol. The Balaban J connectivity index is 1.97. The third-order valence-electron chi connectivity index (χ3n) is 2.14. The summed E-state index contributed by atoms with van der Waals surface area (Å²) in [6.07, 6.45) is 1.29. The molecule has 0 unspecified atom stereocenters. The van der Waals surface area contributed by atoms with Crippen molar-refractivity contribution >= 4 is 17.8 Å². The van der Waals surface area contributed by atoms with Gasteiger partial charge in [0.15, 0.2) is 6.61 Å². The minimum atomic E-state index is -0.563. The molecule has 0 radical (unpaired) electrons. The first-order valence-electron chi connectivity index (χ1n) is 5.33. The van der Waals surface area contributed by atoms with Crippen molar-refractivity contribution in [1.82, 2.24) is 15.2 Å². The quantitative estimate of drug-likeness (QED) is 0.694. The van der Waals surface area contributed by atoms with Crippen molar-refractivity contribution in [3.8, 4) is 5.75 Å². The number of hydrogen-bond acceptors (Lipinski definition) is 5. The van der Waals surface area contributed by atoms with Crippen molar-refractivity contribution < 1.29 is 14.3 Å². The molecule has 1 heterocycles. The second kappa shape index (κ2) is 5.63. The molecule has 0 aliphatic heterocycles. The molecule has 0 bridgehead atoms. The summed E-state index contributed by atoms with van der Waals surface area (Å²) >= 11 is 0. The van der Waals surface area contributed by atoms with Gasteiger partial charge in [0.25, 0.3) is 11.8 Å². The topological polar surface area (TPSA) is 123 Å². The van der Waals surface area contributed by atoms with Gasteiger partial charge in [-0.25, -0.2) is 5.10 Å². The molecule has 1 aromatic carbocycles. The van der Waals surface area contributed by atoms with Crippen molar-refractivity contribution in [2.45, 2.75) is 0 Å². The first-order valence-corrected chi connectivity index (χ1v) is 5.33. The summed E-state index contributed by atoms with van der Waals surface area (Å²) in [5.41, 5.74) is 5.37. The van der Waals surface area contributed by atoms with E-state index >= 15 is 0 Å². The van der Waals surface area contributed by atoms with Crippen LogP contribution in [0, 0.1) is 0 Å². The van der Waals surface area contributed by atoms with E-state index in [1.54, 1.807) is 24.3 Å². The number of carbonyl (C=O) groups excluding carboxylic acids is 2. The lowest BCUT2D eigenvalue weighted by Crippen LogP contribution is -2.20. The van der Waals surface area contributed by atoms with E-state index in [9.17, 15) is 9.59 Å². The normalized spacial score (nSPS) is 9.89. The number of primary amides is 1. The Morgan fingerprint density at radius 1 is 1.32 bits per heavy atom. The molecule has 1 aromatic heterocycles. The van der Waals surface area contributed by atoms with Crippen LogP contribution in [0.5, 0.6) is 5.75 Å². The molecule has 0 spiro atoms. The average Bonchev–Trinajstić information content (AvgIpc) is 2.89. The second-order valence-electron chi connectivity index (χ2n) is 3.57. The molecule has 0 aliphatic rings. The highest BCUT2D eigenvalue weighted by molar-refractivity contribution is 6.03. The van der Waals surface area contributed by atoms with Gasteiger partial charge in [0.1, 0.15) is 12.1 Å². The van der Waals surface area contributed by atoms with Gasteiger partial charge >= 0.3 is 0 Å². The fraction of sp³-hybridized carbons (Fsp3) is 0.0909. The van der Waals surface area contributed by atoms with Gasteiger partial charge in [-0.2, -0.15) is 10.1 Å². The molecule has 0 saturated carbocycles. The number of hydrogen-bond donors (Lipinski definition) is 3. The highest BCUT2D eigenvalue weighted by atomic mass is 16.5. The van der Waals surface area contributed by atoms with Crippen LogP contribution in [0.2, 0.25) is 0 Å². The van der Waals surface area contributed by atoms with E-state index in [-0.39, 0.29) is 18.5 Å². The van der Waals surface area contributed by atoms with Crippen LogP contribution >= 0.6 is 0 Å². The van der Waals surface area contributed by atoms with E-state index in [1.165, 1.54) is 6.33 Å². The van der Waals surface area contributed by atoms with Crippen molar-refractivity contribution in [2.75, 3.05) is 11.9 Å². The van der Waals surface area contributed by atoms with Crippen molar-refractivity contribution in [1.29, 1.82) is 0 Å². The predicted octanol–water partition coefficient (Wildman–Crippen LogP) is -0.0789. The van der Waals surface area contributed by atoms with Crippen LogP contribution in [0.3, 0.4) is 0 Å². The molecule has 4 N–H and O–H groups in total. The maximum Gasteiger partial charge on any atom is 0.258 e. The first-order chi connectivity index (χ1) is 9.15. The second-order valence-corrected chi connectivity index (χ2v) is 3.57. The Labute approximate surface area is 108 Å². The van der Waals surface area contributed by atoms with Crippen LogP contribution < -0.4 is 15.8 Å². The van der Waals surface area contributed by atoms with Gasteiger partial charge in [-0.05, 0) is 24.3 Å². The molecule has 19 heavy (non-hydrogen) atoms. The third kappa shape index (κ3) is 3.53. The van der Waals surface area contributed by atoms with Gasteiger partial charge < -0.3 is 10.5 Å². The van der Waals surface area contributed by atoms with Gasteiger partial charge in [-0.15, -0.1) is 0 Å². The summed E-state index contributed by atoms with van der Waals surface area (Å²) in [5.74, 6) is -0.181.